The van der Waals surface area contributed by atoms with E-state index in [0.29, 0.717) is 6.42 Å². The Balaban J connectivity index is 2.18. The summed E-state index contributed by atoms with van der Waals surface area (Å²) in [6, 6.07) is 7.71. The van der Waals surface area contributed by atoms with Crippen molar-refractivity contribution in [3.05, 3.63) is 42.0 Å². The minimum Gasteiger partial charge on any atom is -0.294 e. The molecule has 0 bridgehead atoms. The lowest BCUT2D eigenvalue weighted by Gasteiger charge is -2.02. The van der Waals surface area contributed by atoms with Crippen molar-refractivity contribution in [2.24, 2.45) is 0 Å². The van der Waals surface area contributed by atoms with Crippen LogP contribution in [0.25, 0.3) is 6.08 Å². The van der Waals surface area contributed by atoms with Gasteiger partial charge in [0.05, 0.1) is 0 Å². The minimum absolute atomic E-state index is 0.268. The molecule has 0 heterocycles. The average Bonchev–Trinajstić information content (AvgIpc) is 2.46. The van der Waals surface area contributed by atoms with Gasteiger partial charge in [-0.05, 0) is 12.0 Å². The van der Waals surface area contributed by atoms with Crippen molar-refractivity contribution in [1.82, 2.24) is 0 Å². The van der Waals surface area contributed by atoms with Crippen LogP contribution in [0.15, 0.2) is 30.8 Å². The van der Waals surface area contributed by atoms with E-state index in [1.807, 2.05) is 24.3 Å². The van der Waals surface area contributed by atoms with Crippen LogP contribution in [0.3, 0.4) is 0 Å². The molecule has 0 radical (unpaired) electrons. The highest BCUT2D eigenvalue weighted by molar-refractivity contribution is 5.96. The molecule has 0 fully saturated rings. The van der Waals surface area contributed by atoms with Crippen LogP contribution in [-0.4, -0.2) is 5.78 Å². The van der Waals surface area contributed by atoms with E-state index >= 15 is 0 Å². The summed E-state index contributed by atoms with van der Waals surface area (Å²) in [5.74, 6) is 0.268. The first-order chi connectivity index (χ1) is 9.27. The minimum atomic E-state index is 0.268. The molecule has 1 aromatic carbocycles. The topological polar surface area (TPSA) is 17.1 Å². The maximum atomic E-state index is 12.0. The molecule has 0 saturated carbocycles. The largest absolute Gasteiger partial charge is 0.294 e. The van der Waals surface area contributed by atoms with Crippen LogP contribution in [0.2, 0.25) is 0 Å². The first kappa shape index (κ1) is 15.7. The number of ketones is 1. The van der Waals surface area contributed by atoms with Crippen molar-refractivity contribution in [3.63, 3.8) is 0 Å². The Labute approximate surface area is 117 Å². The Hall–Kier alpha value is -1.37. The lowest BCUT2D eigenvalue weighted by Crippen LogP contribution is -1.98. The van der Waals surface area contributed by atoms with Crippen LogP contribution in [-0.2, 0) is 0 Å². The van der Waals surface area contributed by atoms with Crippen molar-refractivity contribution in [2.45, 2.75) is 58.3 Å². The van der Waals surface area contributed by atoms with E-state index in [2.05, 4.69) is 13.5 Å². The van der Waals surface area contributed by atoms with Crippen molar-refractivity contribution >= 4 is 11.9 Å². The van der Waals surface area contributed by atoms with Crippen LogP contribution < -0.4 is 0 Å². The van der Waals surface area contributed by atoms with E-state index in [9.17, 15) is 4.79 Å². The average molecular weight is 258 g/mol. The highest BCUT2D eigenvalue weighted by Crippen LogP contribution is 2.12. The number of hydrogen-bond donors (Lipinski definition) is 0. The van der Waals surface area contributed by atoms with E-state index in [0.717, 1.165) is 17.5 Å². The van der Waals surface area contributed by atoms with Gasteiger partial charge in [0.25, 0.3) is 0 Å². The Kier molecular flexibility index (Phi) is 7.88. The van der Waals surface area contributed by atoms with Gasteiger partial charge in [-0.25, -0.2) is 0 Å². The number of unbranched alkanes of at least 4 members (excludes halogenated alkanes) is 6. The fraction of sp³-hybridized carbons (Fsp3) is 0.500. The van der Waals surface area contributed by atoms with Gasteiger partial charge in [-0.15, -0.1) is 0 Å². The molecule has 19 heavy (non-hydrogen) atoms. The number of hydrogen-bond acceptors (Lipinski definition) is 1. The maximum Gasteiger partial charge on any atom is 0.162 e. The summed E-state index contributed by atoms with van der Waals surface area (Å²) in [5.41, 5.74) is 1.89. The third-order valence-electron chi connectivity index (χ3n) is 3.48. The molecule has 0 aliphatic carbocycles. The highest BCUT2D eigenvalue weighted by atomic mass is 16.1. The molecule has 0 aromatic heterocycles. The molecule has 0 N–H and O–H groups in total. The standard InChI is InChI=1S/C18H26O/c1-3-5-6-7-8-9-10-11-18(19)17-14-12-16(4-2)13-15-17/h4,12-15H,2-3,5-11H2,1H3. The molecular formula is C18H26O. The predicted molar refractivity (Wildman–Crippen MR) is 83.5 cm³/mol. The zero-order valence-electron chi connectivity index (χ0n) is 12.2. The molecule has 0 aliphatic rings. The van der Waals surface area contributed by atoms with Crippen LogP contribution in [0, 0.1) is 0 Å². The van der Waals surface area contributed by atoms with Gasteiger partial charge >= 0.3 is 0 Å². The molecule has 0 atom stereocenters. The zero-order valence-corrected chi connectivity index (χ0v) is 12.2. The third kappa shape index (κ3) is 6.37. The van der Waals surface area contributed by atoms with Crippen LogP contribution in [0.5, 0.6) is 0 Å². The fourth-order valence-electron chi connectivity index (χ4n) is 2.19. The van der Waals surface area contributed by atoms with Gasteiger partial charge in [0.1, 0.15) is 0 Å². The van der Waals surface area contributed by atoms with Crippen LogP contribution >= 0.6 is 0 Å². The van der Waals surface area contributed by atoms with Crippen LogP contribution in [0.4, 0.5) is 0 Å². The summed E-state index contributed by atoms with van der Waals surface area (Å²) < 4.78 is 0. The van der Waals surface area contributed by atoms with Crippen LogP contribution in [0.1, 0.15) is 74.2 Å². The summed E-state index contributed by atoms with van der Waals surface area (Å²) in [5, 5.41) is 0. The molecule has 0 amide bonds. The third-order valence-corrected chi connectivity index (χ3v) is 3.48. The summed E-state index contributed by atoms with van der Waals surface area (Å²) >= 11 is 0. The summed E-state index contributed by atoms with van der Waals surface area (Å²) in [7, 11) is 0. The van der Waals surface area contributed by atoms with E-state index in [-0.39, 0.29) is 5.78 Å². The molecule has 0 unspecified atom stereocenters. The lowest BCUT2D eigenvalue weighted by molar-refractivity contribution is 0.0979. The Morgan fingerprint density at radius 3 is 2.16 bits per heavy atom. The first-order valence-corrected chi connectivity index (χ1v) is 7.53. The first-order valence-electron chi connectivity index (χ1n) is 7.53. The van der Waals surface area contributed by atoms with E-state index in [1.165, 1.54) is 38.5 Å². The highest BCUT2D eigenvalue weighted by Gasteiger charge is 2.04. The normalized spacial score (nSPS) is 10.4. The number of carbonyl (C=O) groups is 1. The molecule has 104 valence electrons. The molecule has 1 heteroatoms. The van der Waals surface area contributed by atoms with Crippen molar-refractivity contribution in [3.8, 4) is 0 Å². The molecule has 1 aromatic rings. The Bertz CT molecular complexity index is 375. The molecule has 0 spiro atoms. The van der Waals surface area contributed by atoms with Gasteiger partial charge in [0, 0.05) is 12.0 Å². The predicted octanol–water partition coefficient (Wildman–Crippen LogP) is 5.65. The molecule has 0 saturated heterocycles. The summed E-state index contributed by atoms with van der Waals surface area (Å²) in [6.07, 6.45) is 11.2. The molecule has 1 nitrogen and oxygen atoms in total. The SMILES string of the molecule is C=Cc1ccc(C(=O)CCCCCCCCC)cc1. The summed E-state index contributed by atoms with van der Waals surface area (Å²) in [6.45, 7) is 5.94. The van der Waals surface area contributed by atoms with Gasteiger partial charge in [-0.1, -0.05) is 82.4 Å². The van der Waals surface area contributed by atoms with E-state index in [4.69, 9.17) is 0 Å². The summed E-state index contributed by atoms with van der Waals surface area (Å²) in [4.78, 5) is 12.0. The van der Waals surface area contributed by atoms with Gasteiger partial charge in [0.2, 0.25) is 0 Å². The van der Waals surface area contributed by atoms with E-state index < -0.39 is 0 Å². The second-order valence-corrected chi connectivity index (χ2v) is 5.12. The number of benzene rings is 1. The van der Waals surface area contributed by atoms with Gasteiger partial charge in [-0.2, -0.15) is 0 Å². The Morgan fingerprint density at radius 2 is 1.58 bits per heavy atom. The fourth-order valence-corrected chi connectivity index (χ4v) is 2.19. The molecular weight excluding hydrogens is 232 g/mol. The smallest absolute Gasteiger partial charge is 0.162 e. The lowest BCUT2D eigenvalue weighted by atomic mass is 10.0. The van der Waals surface area contributed by atoms with Gasteiger partial charge in [0.15, 0.2) is 5.78 Å². The molecule has 1 rings (SSSR count). The van der Waals surface area contributed by atoms with Crippen molar-refractivity contribution in [1.29, 1.82) is 0 Å². The second kappa shape index (κ2) is 9.55. The number of rotatable bonds is 10. The number of carbonyl (C=O) groups excluding carboxylic acids is 1. The second-order valence-electron chi connectivity index (χ2n) is 5.12. The quantitative estimate of drug-likeness (QED) is 0.391. The number of Topliss-reactive ketones (excluding diaryl/α,β-unsaturated/α-hetero) is 1. The van der Waals surface area contributed by atoms with Gasteiger partial charge in [-0.3, -0.25) is 4.79 Å². The molecule has 0 aliphatic heterocycles. The van der Waals surface area contributed by atoms with Gasteiger partial charge < -0.3 is 0 Å². The monoisotopic (exact) mass is 258 g/mol. The zero-order chi connectivity index (χ0) is 13.9. The maximum absolute atomic E-state index is 12.0. The van der Waals surface area contributed by atoms with Crippen molar-refractivity contribution < 1.29 is 4.79 Å². The van der Waals surface area contributed by atoms with Crippen molar-refractivity contribution in [2.75, 3.05) is 0 Å². The van der Waals surface area contributed by atoms with E-state index in [1.54, 1.807) is 6.08 Å². The Morgan fingerprint density at radius 1 is 1.00 bits per heavy atom.